The third-order valence-corrected chi connectivity index (χ3v) is 4.11. The van der Waals surface area contributed by atoms with Crippen LogP contribution >= 0.6 is 31.9 Å². The third-order valence-electron chi connectivity index (χ3n) is 2.63. The van der Waals surface area contributed by atoms with Crippen LogP contribution in [0.5, 0.6) is 0 Å². The average Bonchev–Trinajstić information content (AvgIpc) is 2.58. The number of rotatable bonds is 2. The molecule has 0 saturated heterocycles. The van der Waals surface area contributed by atoms with E-state index in [9.17, 15) is 4.39 Å². The molecular weight excluding hydrogens is 351 g/mol. The van der Waals surface area contributed by atoms with Gasteiger partial charge in [0.25, 0.3) is 0 Å². The predicted octanol–water partition coefficient (Wildman–Crippen LogP) is 4.31. The number of aromatic nitrogens is 2. The van der Waals surface area contributed by atoms with Crippen molar-refractivity contribution in [2.45, 2.75) is 13.3 Å². The van der Waals surface area contributed by atoms with Gasteiger partial charge in [-0.3, -0.25) is 4.68 Å². The van der Waals surface area contributed by atoms with Crippen LogP contribution in [0.25, 0.3) is 11.3 Å². The second kappa shape index (κ2) is 4.90. The maximum absolute atomic E-state index is 13.5. The molecule has 0 aliphatic carbocycles. The monoisotopic (exact) mass is 360 g/mol. The minimum Gasteiger partial charge on any atom is -0.271 e. The molecule has 0 fully saturated rings. The zero-order valence-corrected chi connectivity index (χ0v) is 12.6. The molecule has 2 nitrogen and oxygen atoms in total. The molecule has 90 valence electrons. The van der Waals surface area contributed by atoms with Crippen molar-refractivity contribution in [2.24, 2.45) is 7.05 Å². The molecule has 5 heteroatoms. The molecule has 0 spiro atoms. The summed E-state index contributed by atoms with van der Waals surface area (Å²) in [5, 5.41) is 4.41. The first-order valence-electron chi connectivity index (χ1n) is 5.21. The van der Waals surface area contributed by atoms with Crippen LogP contribution in [0.1, 0.15) is 12.6 Å². The molecule has 0 saturated carbocycles. The van der Waals surface area contributed by atoms with E-state index in [0.29, 0.717) is 4.47 Å². The molecule has 1 heterocycles. The van der Waals surface area contributed by atoms with Crippen LogP contribution in [0.4, 0.5) is 4.39 Å². The highest BCUT2D eigenvalue weighted by molar-refractivity contribution is 9.10. The molecule has 2 rings (SSSR count). The fourth-order valence-corrected chi connectivity index (χ4v) is 2.84. The van der Waals surface area contributed by atoms with Gasteiger partial charge in [0.1, 0.15) is 11.5 Å². The zero-order valence-electron chi connectivity index (χ0n) is 9.47. The smallest absolute Gasteiger partial charge is 0.138 e. The van der Waals surface area contributed by atoms with Gasteiger partial charge in [-0.25, -0.2) is 4.39 Å². The molecule has 0 N–H and O–H groups in total. The van der Waals surface area contributed by atoms with Gasteiger partial charge in [0.15, 0.2) is 0 Å². The Hall–Kier alpha value is -0.680. The van der Waals surface area contributed by atoms with E-state index in [1.165, 1.54) is 6.07 Å². The lowest BCUT2D eigenvalue weighted by atomic mass is 10.1. The Kier molecular flexibility index (Phi) is 3.68. The molecule has 1 aromatic heterocycles. The Balaban J connectivity index is 2.57. The predicted molar refractivity (Wildman–Crippen MR) is 73.4 cm³/mol. The van der Waals surface area contributed by atoms with Crippen LogP contribution in [-0.2, 0) is 13.5 Å². The summed E-state index contributed by atoms with van der Waals surface area (Å²) in [6, 6.07) is 5.02. The van der Waals surface area contributed by atoms with E-state index in [2.05, 4.69) is 43.9 Å². The van der Waals surface area contributed by atoms with E-state index in [1.807, 2.05) is 17.8 Å². The number of halogens is 3. The summed E-state index contributed by atoms with van der Waals surface area (Å²) in [5.41, 5.74) is 2.65. The highest BCUT2D eigenvalue weighted by atomic mass is 79.9. The first-order chi connectivity index (χ1) is 8.04. The molecule has 1 aromatic carbocycles. The summed E-state index contributed by atoms with van der Waals surface area (Å²) in [6.07, 6.45) is 0.878. The summed E-state index contributed by atoms with van der Waals surface area (Å²) in [4.78, 5) is 0. The average molecular weight is 362 g/mol. The van der Waals surface area contributed by atoms with Crippen molar-refractivity contribution in [1.29, 1.82) is 0 Å². The van der Waals surface area contributed by atoms with Crippen molar-refractivity contribution in [3.63, 3.8) is 0 Å². The quantitative estimate of drug-likeness (QED) is 0.779. The molecule has 0 unspecified atom stereocenters. The van der Waals surface area contributed by atoms with Gasteiger partial charge in [0, 0.05) is 12.6 Å². The van der Waals surface area contributed by atoms with Gasteiger partial charge in [0.05, 0.1) is 14.6 Å². The maximum atomic E-state index is 13.5. The fourth-order valence-electron chi connectivity index (χ4n) is 1.74. The Morgan fingerprint density at radius 2 is 2.06 bits per heavy atom. The maximum Gasteiger partial charge on any atom is 0.138 e. The Morgan fingerprint density at radius 1 is 1.35 bits per heavy atom. The Labute approximate surface area is 116 Å². The molecular formula is C12H11Br2FN2. The normalized spacial score (nSPS) is 10.9. The minimum atomic E-state index is -0.280. The van der Waals surface area contributed by atoms with E-state index in [4.69, 9.17) is 0 Å². The van der Waals surface area contributed by atoms with Gasteiger partial charge in [-0.1, -0.05) is 13.0 Å². The van der Waals surface area contributed by atoms with Crippen LogP contribution in [-0.4, -0.2) is 9.78 Å². The third kappa shape index (κ3) is 2.31. The van der Waals surface area contributed by atoms with Gasteiger partial charge >= 0.3 is 0 Å². The lowest BCUT2D eigenvalue weighted by Crippen LogP contribution is -1.96. The standard InChI is InChI=1S/C12H11Br2FN2/c1-3-10-11(14)12(16-17(10)2)7-4-5-8(13)9(15)6-7/h4-6H,3H2,1-2H3. The highest BCUT2D eigenvalue weighted by Gasteiger charge is 2.14. The van der Waals surface area contributed by atoms with E-state index < -0.39 is 0 Å². The molecule has 17 heavy (non-hydrogen) atoms. The van der Waals surface area contributed by atoms with Gasteiger partial charge in [-0.15, -0.1) is 0 Å². The fraction of sp³-hybridized carbons (Fsp3) is 0.250. The summed E-state index contributed by atoms with van der Waals surface area (Å²) >= 11 is 6.67. The molecule has 0 bridgehead atoms. The van der Waals surface area contributed by atoms with Crippen molar-refractivity contribution in [2.75, 3.05) is 0 Å². The van der Waals surface area contributed by atoms with Crippen LogP contribution < -0.4 is 0 Å². The summed E-state index contributed by atoms with van der Waals surface area (Å²) in [5.74, 6) is -0.280. The largest absolute Gasteiger partial charge is 0.271 e. The van der Waals surface area contributed by atoms with E-state index in [0.717, 1.165) is 27.8 Å². The number of hydrogen-bond acceptors (Lipinski definition) is 1. The molecule has 0 radical (unpaired) electrons. The van der Waals surface area contributed by atoms with Crippen molar-refractivity contribution in [1.82, 2.24) is 9.78 Å². The van der Waals surface area contributed by atoms with Crippen molar-refractivity contribution in [3.8, 4) is 11.3 Å². The Bertz CT molecular complexity index is 564. The summed E-state index contributed by atoms with van der Waals surface area (Å²) < 4.78 is 16.7. The molecule has 0 aliphatic heterocycles. The number of nitrogens with zero attached hydrogens (tertiary/aromatic N) is 2. The van der Waals surface area contributed by atoms with Crippen LogP contribution in [0.2, 0.25) is 0 Å². The zero-order chi connectivity index (χ0) is 12.6. The van der Waals surface area contributed by atoms with Crippen LogP contribution in [0.15, 0.2) is 27.1 Å². The van der Waals surface area contributed by atoms with E-state index in [-0.39, 0.29) is 5.82 Å². The lowest BCUT2D eigenvalue weighted by molar-refractivity contribution is 0.621. The molecule has 0 atom stereocenters. The van der Waals surface area contributed by atoms with Crippen LogP contribution in [0, 0.1) is 5.82 Å². The molecule has 2 aromatic rings. The van der Waals surface area contributed by atoms with Gasteiger partial charge in [0.2, 0.25) is 0 Å². The van der Waals surface area contributed by atoms with Crippen molar-refractivity contribution >= 4 is 31.9 Å². The molecule has 0 aliphatic rings. The molecule has 0 amide bonds. The first-order valence-corrected chi connectivity index (χ1v) is 6.80. The van der Waals surface area contributed by atoms with Crippen molar-refractivity contribution < 1.29 is 4.39 Å². The van der Waals surface area contributed by atoms with Crippen LogP contribution in [0.3, 0.4) is 0 Å². The topological polar surface area (TPSA) is 17.8 Å². The number of hydrogen-bond donors (Lipinski definition) is 0. The first kappa shape index (κ1) is 12.8. The number of aryl methyl sites for hydroxylation is 1. The van der Waals surface area contributed by atoms with Gasteiger partial charge in [-0.2, -0.15) is 5.10 Å². The second-order valence-electron chi connectivity index (χ2n) is 3.72. The van der Waals surface area contributed by atoms with Crippen molar-refractivity contribution in [3.05, 3.63) is 38.7 Å². The van der Waals surface area contributed by atoms with Gasteiger partial charge in [-0.05, 0) is 50.4 Å². The van der Waals surface area contributed by atoms with E-state index >= 15 is 0 Å². The summed E-state index contributed by atoms with van der Waals surface area (Å²) in [7, 11) is 1.89. The minimum absolute atomic E-state index is 0.280. The van der Waals surface area contributed by atoms with Gasteiger partial charge < -0.3 is 0 Å². The lowest BCUT2D eigenvalue weighted by Gasteiger charge is -2.00. The second-order valence-corrected chi connectivity index (χ2v) is 5.36. The Morgan fingerprint density at radius 3 is 2.59 bits per heavy atom. The summed E-state index contributed by atoms with van der Waals surface area (Å²) in [6.45, 7) is 2.06. The van der Waals surface area contributed by atoms with E-state index in [1.54, 1.807) is 6.07 Å². The highest BCUT2D eigenvalue weighted by Crippen LogP contribution is 2.32. The number of benzene rings is 1. The SMILES string of the molecule is CCc1c(Br)c(-c2ccc(Br)c(F)c2)nn1C.